The van der Waals surface area contributed by atoms with Crippen molar-refractivity contribution in [2.75, 3.05) is 13.1 Å². The van der Waals surface area contributed by atoms with Crippen LogP contribution < -0.4 is 0 Å². The smallest absolute Gasteiger partial charge is 0.253 e. The normalized spacial score (nSPS) is 16.6. The number of halogens is 1. The van der Waals surface area contributed by atoms with Gasteiger partial charge in [-0.25, -0.2) is 0 Å². The lowest BCUT2D eigenvalue weighted by atomic mass is 9.98. The lowest BCUT2D eigenvalue weighted by molar-refractivity contribution is 0.0707. The SMILES string of the molecule is N#CC1CCN(C(=O)c2cccc(I)c2)CC1. The molecule has 0 aromatic heterocycles. The number of carbonyl (C=O) groups is 1. The maximum Gasteiger partial charge on any atom is 0.253 e. The van der Waals surface area contributed by atoms with E-state index in [1.54, 1.807) is 0 Å². The van der Waals surface area contributed by atoms with Gasteiger partial charge in [0.1, 0.15) is 0 Å². The van der Waals surface area contributed by atoms with Gasteiger partial charge in [-0.15, -0.1) is 0 Å². The molecule has 1 fully saturated rings. The summed E-state index contributed by atoms with van der Waals surface area (Å²) in [4.78, 5) is 14.0. The third kappa shape index (κ3) is 2.97. The molecule has 0 atom stereocenters. The molecule has 1 amide bonds. The van der Waals surface area contributed by atoms with Gasteiger partial charge < -0.3 is 4.90 Å². The van der Waals surface area contributed by atoms with E-state index in [1.807, 2.05) is 29.2 Å². The molecule has 0 unspecified atom stereocenters. The van der Waals surface area contributed by atoms with E-state index in [0.717, 1.165) is 22.0 Å². The molecule has 1 aliphatic heterocycles. The molecule has 0 N–H and O–H groups in total. The van der Waals surface area contributed by atoms with Crippen LogP contribution in [0.2, 0.25) is 0 Å². The van der Waals surface area contributed by atoms with Gasteiger partial charge in [0.2, 0.25) is 0 Å². The van der Waals surface area contributed by atoms with Crippen molar-refractivity contribution in [1.82, 2.24) is 4.90 Å². The molecule has 1 aliphatic rings. The van der Waals surface area contributed by atoms with Gasteiger partial charge in [0, 0.05) is 28.1 Å². The van der Waals surface area contributed by atoms with E-state index < -0.39 is 0 Å². The molecule has 3 nitrogen and oxygen atoms in total. The fourth-order valence-electron chi connectivity index (χ4n) is 2.02. The predicted octanol–water partition coefficient (Wildman–Crippen LogP) is 2.67. The van der Waals surface area contributed by atoms with Gasteiger partial charge in [-0.3, -0.25) is 4.79 Å². The van der Waals surface area contributed by atoms with Crippen molar-refractivity contribution in [3.05, 3.63) is 33.4 Å². The summed E-state index contributed by atoms with van der Waals surface area (Å²) in [6, 6.07) is 9.89. The largest absolute Gasteiger partial charge is 0.339 e. The number of nitriles is 1. The Labute approximate surface area is 115 Å². The quantitative estimate of drug-likeness (QED) is 0.738. The molecule has 0 radical (unpaired) electrons. The highest BCUT2D eigenvalue weighted by Gasteiger charge is 2.23. The Kier molecular flexibility index (Phi) is 4.00. The van der Waals surface area contributed by atoms with Crippen LogP contribution >= 0.6 is 22.6 Å². The van der Waals surface area contributed by atoms with Crippen LogP contribution in [0.3, 0.4) is 0 Å². The standard InChI is InChI=1S/C13H13IN2O/c14-12-3-1-2-11(8-12)13(17)16-6-4-10(9-15)5-7-16/h1-3,8,10H,4-7H2. The van der Waals surface area contributed by atoms with E-state index in [1.165, 1.54) is 0 Å². The number of benzene rings is 1. The van der Waals surface area contributed by atoms with Crippen LogP contribution in [0.15, 0.2) is 24.3 Å². The summed E-state index contributed by atoms with van der Waals surface area (Å²) >= 11 is 2.21. The lowest BCUT2D eigenvalue weighted by Crippen LogP contribution is -2.38. The maximum atomic E-state index is 12.2. The Balaban J connectivity index is 2.05. The van der Waals surface area contributed by atoms with E-state index in [4.69, 9.17) is 5.26 Å². The van der Waals surface area contributed by atoms with Crippen molar-refractivity contribution in [1.29, 1.82) is 5.26 Å². The Bertz CT molecular complexity index is 459. The lowest BCUT2D eigenvalue weighted by Gasteiger charge is -2.29. The van der Waals surface area contributed by atoms with Crippen LogP contribution in [-0.2, 0) is 0 Å². The number of hydrogen-bond acceptors (Lipinski definition) is 2. The first-order valence-corrected chi connectivity index (χ1v) is 6.73. The van der Waals surface area contributed by atoms with Gasteiger partial charge >= 0.3 is 0 Å². The first-order chi connectivity index (χ1) is 8.20. The summed E-state index contributed by atoms with van der Waals surface area (Å²) in [5.74, 6) is 0.204. The highest BCUT2D eigenvalue weighted by molar-refractivity contribution is 14.1. The zero-order chi connectivity index (χ0) is 12.3. The second-order valence-electron chi connectivity index (χ2n) is 4.21. The predicted molar refractivity (Wildman–Crippen MR) is 73.4 cm³/mol. The highest BCUT2D eigenvalue weighted by Crippen LogP contribution is 2.18. The molecular weight excluding hydrogens is 327 g/mol. The van der Waals surface area contributed by atoms with Gasteiger partial charge in [0.25, 0.3) is 5.91 Å². The molecular formula is C13H13IN2O. The first-order valence-electron chi connectivity index (χ1n) is 5.65. The van der Waals surface area contributed by atoms with E-state index in [2.05, 4.69) is 28.7 Å². The minimum atomic E-state index is 0.0832. The van der Waals surface area contributed by atoms with Crippen molar-refractivity contribution >= 4 is 28.5 Å². The monoisotopic (exact) mass is 340 g/mol. The maximum absolute atomic E-state index is 12.2. The third-order valence-electron chi connectivity index (χ3n) is 3.04. The van der Waals surface area contributed by atoms with Crippen molar-refractivity contribution in [2.45, 2.75) is 12.8 Å². The number of piperidine rings is 1. The molecule has 0 bridgehead atoms. The topological polar surface area (TPSA) is 44.1 Å². The fourth-order valence-corrected chi connectivity index (χ4v) is 2.56. The molecule has 1 aromatic carbocycles. The molecule has 0 spiro atoms. The highest BCUT2D eigenvalue weighted by atomic mass is 127. The molecule has 1 heterocycles. The number of carbonyl (C=O) groups excluding carboxylic acids is 1. The third-order valence-corrected chi connectivity index (χ3v) is 3.71. The van der Waals surface area contributed by atoms with E-state index in [-0.39, 0.29) is 11.8 Å². The molecule has 0 saturated carbocycles. The van der Waals surface area contributed by atoms with Crippen LogP contribution in [0, 0.1) is 20.8 Å². The Morgan fingerprint density at radius 1 is 1.41 bits per heavy atom. The number of nitrogens with zero attached hydrogens (tertiary/aromatic N) is 2. The second kappa shape index (κ2) is 5.50. The minimum absolute atomic E-state index is 0.0832. The van der Waals surface area contributed by atoms with E-state index in [0.29, 0.717) is 13.1 Å². The van der Waals surface area contributed by atoms with Crippen LogP contribution in [0.1, 0.15) is 23.2 Å². The summed E-state index contributed by atoms with van der Waals surface area (Å²) in [5, 5.41) is 8.81. The Morgan fingerprint density at radius 2 is 2.12 bits per heavy atom. The summed E-state index contributed by atoms with van der Waals surface area (Å²) in [7, 11) is 0. The number of amides is 1. The summed E-state index contributed by atoms with van der Waals surface area (Å²) in [6.07, 6.45) is 1.60. The molecule has 2 rings (SSSR count). The number of rotatable bonds is 1. The van der Waals surface area contributed by atoms with Crippen molar-refractivity contribution in [2.24, 2.45) is 5.92 Å². The van der Waals surface area contributed by atoms with Crippen molar-refractivity contribution in [3.8, 4) is 6.07 Å². The molecule has 88 valence electrons. The molecule has 1 saturated heterocycles. The van der Waals surface area contributed by atoms with Gasteiger partial charge in [-0.2, -0.15) is 5.26 Å². The summed E-state index contributed by atoms with van der Waals surface area (Å²) in [5.41, 5.74) is 0.743. The van der Waals surface area contributed by atoms with Gasteiger partial charge in [-0.05, 0) is 53.6 Å². The van der Waals surface area contributed by atoms with E-state index >= 15 is 0 Å². The van der Waals surface area contributed by atoms with Crippen LogP contribution in [0.4, 0.5) is 0 Å². The Hall–Kier alpha value is -1.09. The molecule has 0 aliphatic carbocycles. The zero-order valence-corrected chi connectivity index (χ0v) is 11.6. The summed E-state index contributed by atoms with van der Waals surface area (Å²) in [6.45, 7) is 1.39. The minimum Gasteiger partial charge on any atom is -0.339 e. The molecule has 17 heavy (non-hydrogen) atoms. The van der Waals surface area contributed by atoms with Crippen LogP contribution in [-0.4, -0.2) is 23.9 Å². The number of likely N-dealkylation sites (tertiary alicyclic amines) is 1. The zero-order valence-electron chi connectivity index (χ0n) is 9.40. The summed E-state index contributed by atoms with van der Waals surface area (Å²) < 4.78 is 1.07. The molecule has 4 heteroatoms. The van der Waals surface area contributed by atoms with Crippen molar-refractivity contribution < 1.29 is 4.79 Å². The van der Waals surface area contributed by atoms with Crippen LogP contribution in [0.5, 0.6) is 0 Å². The first kappa shape index (κ1) is 12.4. The Morgan fingerprint density at radius 3 is 2.71 bits per heavy atom. The number of hydrogen-bond donors (Lipinski definition) is 0. The average molecular weight is 340 g/mol. The fraction of sp³-hybridized carbons (Fsp3) is 0.385. The van der Waals surface area contributed by atoms with Crippen LogP contribution in [0.25, 0.3) is 0 Å². The second-order valence-corrected chi connectivity index (χ2v) is 5.45. The van der Waals surface area contributed by atoms with Gasteiger partial charge in [-0.1, -0.05) is 6.07 Å². The van der Waals surface area contributed by atoms with E-state index in [9.17, 15) is 4.79 Å². The average Bonchev–Trinajstić information content (AvgIpc) is 2.38. The molecule has 1 aromatic rings. The van der Waals surface area contributed by atoms with Gasteiger partial charge in [0.15, 0.2) is 0 Å². The van der Waals surface area contributed by atoms with Crippen molar-refractivity contribution in [3.63, 3.8) is 0 Å². The van der Waals surface area contributed by atoms with Gasteiger partial charge in [0.05, 0.1) is 6.07 Å².